The summed E-state index contributed by atoms with van der Waals surface area (Å²) in [6, 6.07) is 59.9. The molecule has 0 radical (unpaired) electrons. The number of hydrogen-bond acceptors (Lipinski definition) is 2. The van der Waals surface area contributed by atoms with Crippen LogP contribution in [0.3, 0.4) is 0 Å². The van der Waals surface area contributed by atoms with Gasteiger partial charge in [0.1, 0.15) is 0 Å². The van der Waals surface area contributed by atoms with Crippen LogP contribution in [-0.2, 0) is 0 Å². The molecule has 11 rings (SSSR count). The highest BCUT2D eigenvalue weighted by Crippen LogP contribution is 2.48. The van der Waals surface area contributed by atoms with Crippen molar-refractivity contribution in [3.8, 4) is 0 Å². The Morgan fingerprint density at radius 3 is 1.47 bits per heavy atom. The monoisotopic (exact) mass is 737 g/mol. The lowest BCUT2D eigenvalue weighted by molar-refractivity contribution is 1.27. The van der Waals surface area contributed by atoms with E-state index in [0.29, 0.717) is 11.1 Å². The molecule has 0 saturated carbocycles. The molecule has 3 nitrogen and oxygen atoms in total. The Balaban J connectivity index is 1.18. The second-order valence-electron chi connectivity index (χ2n) is 15.2. The van der Waals surface area contributed by atoms with Gasteiger partial charge in [0.05, 0.1) is 16.6 Å². The van der Waals surface area contributed by atoms with Gasteiger partial charge in [-0.05, 0) is 134 Å². The summed E-state index contributed by atoms with van der Waals surface area (Å²) in [5.41, 5.74) is 11.8. The minimum absolute atomic E-state index is 0.302. The second-order valence-corrected chi connectivity index (χ2v) is 15.2. The predicted molar refractivity (Wildman–Crippen MR) is 244 cm³/mol. The highest BCUT2D eigenvalue weighted by Gasteiger charge is 2.24. The molecular weight excluding hydrogens is 691 g/mol. The molecule has 0 bridgehead atoms. The third kappa shape index (κ3) is 5.27. The Morgan fingerprint density at radius 1 is 0.368 bits per heavy atom. The Labute approximate surface area is 341 Å². The molecule has 57 heavy (non-hydrogen) atoms. The molecular formula is C54H41N3. The van der Waals surface area contributed by atoms with Crippen molar-refractivity contribution in [3.05, 3.63) is 198 Å². The lowest BCUT2D eigenvalue weighted by atomic mass is 9.96. The molecule has 2 heterocycles. The van der Waals surface area contributed by atoms with Gasteiger partial charge in [-0.1, -0.05) is 113 Å². The number of hydrogen-bond donors (Lipinski definition) is 0. The van der Waals surface area contributed by atoms with Crippen molar-refractivity contribution >= 4 is 93.8 Å². The first-order chi connectivity index (χ1) is 30.3. The van der Waals surface area contributed by atoms with Gasteiger partial charge in [0.2, 0.25) is 0 Å². The minimum Gasteiger partial charge on any atom is -0.310 e. The van der Waals surface area contributed by atoms with Gasteiger partial charge in [-0.25, -0.2) is 0 Å². The summed E-state index contributed by atoms with van der Waals surface area (Å²) in [6.45, 7) is -0.253. The maximum atomic E-state index is 8.01. The van der Waals surface area contributed by atoms with Crippen LogP contribution in [0, 0.1) is 27.6 Å². The average Bonchev–Trinajstić information content (AvgIpc) is 3.80. The highest BCUT2D eigenvalue weighted by molar-refractivity contribution is 6.35. The van der Waals surface area contributed by atoms with Gasteiger partial charge in [-0.2, -0.15) is 0 Å². The minimum atomic E-state index is -2.20. The molecule has 0 spiro atoms. The zero-order chi connectivity index (χ0) is 43.4. The molecule has 0 aliphatic carbocycles. The maximum absolute atomic E-state index is 8.01. The number of rotatable bonds is 6. The molecule has 0 amide bonds. The lowest BCUT2D eigenvalue weighted by Crippen LogP contribution is -2.10. The number of aryl methyl sites for hydroxylation is 4. The number of aromatic nitrogens is 1. The fourth-order valence-electron chi connectivity index (χ4n) is 8.86. The first kappa shape index (κ1) is 27.5. The normalized spacial score (nSPS) is 13.9. The quantitative estimate of drug-likeness (QED) is 0.168. The molecule has 11 aromatic rings. The van der Waals surface area contributed by atoms with Crippen molar-refractivity contribution in [1.82, 2.24) is 4.40 Å². The van der Waals surface area contributed by atoms with Crippen molar-refractivity contribution in [2.24, 2.45) is 0 Å². The summed E-state index contributed by atoms with van der Waals surface area (Å²) in [5, 5.41) is 9.22. The van der Waals surface area contributed by atoms with Crippen molar-refractivity contribution in [2.45, 2.75) is 27.6 Å². The zero-order valence-corrected chi connectivity index (χ0v) is 31.6. The molecule has 3 heteroatoms. The molecule has 0 saturated heterocycles. The average molecular weight is 738 g/mol. The Morgan fingerprint density at radius 2 is 0.877 bits per heavy atom. The fraction of sp³-hybridized carbons (Fsp3) is 0.0741. The van der Waals surface area contributed by atoms with E-state index < -0.39 is 13.7 Å². The molecule has 272 valence electrons. The first-order valence-corrected chi connectivity index (χ1v) is 19.3. The van der Waals surface area contributed by atoms with Gasteiger partial charge >= 0.3 is 0 Å². The smallest absolute Gasteiger partial charge is 0.0627 e. The number of fused-ring (bicyclic) bond motifs is 10. The fourth-order valence-corrected chi connectivity index (χ4v) is 8.86. The summed E-state index contributed by atoms with van der Waals surface area (Å²) in [7, 11) is 0. The summed E-state index contributed by atoms with van der Waals surface area (Å²) in [4.78, 5) is 4.39. The van der Waals surface area contributed by atoms with Crippen molar-refractivity contribution in [2.75, 3.05) is 9.80 Å². The van der Waals surface area contributed by atoms with Gasteiger partial charge < -0.3 is 14.2 Å². The summed E-state index contributed by atoms with van der Waals surface area (Å²) >= 11 is 0. The van der Waals surface area contributed by atoms with E-state index in [0.717, 1.165) is 88.7 Å². The molecule has 0 N–H and O–H groups in total. The first-order valence-electron chi connectivity index (χ1n) is 22.3. The number of nitrogens with zero attached hydrogens (tertiary/aromatic N) is 3. The summed E-state index contributed by atoms with van der Waals surface area (Å²) < 4.78 is 50.4. The van der Waals surface area contributed by atoms with E-state index in [9.17, 15) is 0 Å². The van der Waals surface area contributed by atoms with Crippen LogP contribution >= 0.6 is 0 Å². The second kappa shape index (κ2) is 12.7. The Kier molecular flexibility index (Phi) is 6.13. The SMILES string of the molecule is [2H]C([2H])([2H])c1ccc(N(c2ccc(C)cc2)c2ccc3cc4c5ccc(N(c6ccc(C)cc6)c6ccc(C([2H])([2H])[2H])cc6)cc5n5c6ccc7ccccc7c6c(c3c2)c45)cc1. The van der Waals surface area contributed by atoms with Crippen molar-refractivity contribution in [1.29, 1.82) is 0 Å². The largest absolute Gasteiger partial charge is 0.310 e. The van der Waals surface area contributed by atoms with Crippen LogP contribution in [0.25, 0.3) is 59.6 Å². The molecule has 0 aliphatic heterocycles. The van der Waals surface area contributed by atoms with Crippen LogP contribution in [0.4, 0.5) is 34.1 Å². The van der Waals surface area contributed by atoms with E-state index in [-0.39, 0.29) is 0 Å². The molecule has 0 fully saturated rings. The predicted octanol–water partition coefficient (Wildman–Crippen LogP) is 15.3. The van der Waals surface area contributed by atoms with Crippen LogP contribution in [0.2, 0.25) is 0 Å². The standard InChI is InChI=1S/C54H41N3/c1-34-9-19-40(20-10-34)55(41-21-11-35(2)12-22-41)44-27-17-39-31-49-47-29-28-45(56(42-23-13-36(3)14-24-42)43-25-15-37(4)16-26-43)33-51(47)57-50-30-18-38-7-5-6-8-46(38)52(50)53(54(49)57)48(39)32-44/h5-33H,1-4H3/i1D3,3D3. The molecule has 2 aromatic heterocycles. The van der Waals surface area contributed by atoms with Crippen LogP contribution in [-0.4, -0.2) is 4.40 Å². The summed E-state index contributed by atoms with van der Waals surface area (Å²) in [6.07, 6.45) is 0. The van der Waals surface area contributed by atoms with Crippen molar-refractivity contribution < 1.29 is 8.22 Å². The van der Waals surface area contributed by atoms with Gasteiger partial charge in [0, 0.05) is 63.9 Å². The number of anilines is 6. The number of benzene rings is 9. The van der Waals surface area contributed by atoms with Gasteiger partial charge in [-0.3, -0.25) is 0 Å². The van der Waals surface area contributed by atoms with Crippen molar-refractivity contribution in [3.63, 3.8) is 0 Å². The Hall–Kier alpha value is -7.10. The van der Waals surface area contributed by atoms with Crippen LogP contribution < -0.4 is 9.80 Å². The van der Waals surface area contributed by atoms with E-state index in [1.165, 1.54) is 16.2 Å². The Bertz CT molecular complexity index is 3530. The van der Waals surface area contributed by atoms with E-state index in [2.05, 4.69) is 155 Å². The zero-order valence-electron chi connectivity index (χ0n) is 37.6. The third-order valence-corrected chi connectivity index (χ3v) is 11.6. The van der Waals surface area contributed by atoms with Crippen LogP contribution in [0.1, 0.15) is 30.5 Å². The lowest BCUT2D eigenvalue weighted by Gasteiger charge is -2.26. The topological polar surface area (TPSA) is 10.9 Å². The van der Waals surface area contributed by atoms with Gasteiger partial charge in [-0.15, -0.1) is 0 Å². The van der Waals surface area contributed by atoms with E-state index in [1.54, 1.807) is 24.3 Å². The van der Waals surface area contributed by atoms with Crippen LogP contribution in [0.5, 0.6) is 0 Å². The van der Waals surface area contributed by atoms with Gasteiger partial charge in [0.25, 0.3) is 0 Å². The van der Waals surface area contributed by atoms with E-state index in [1.807, 2.05) is 24.3 Å². The molecule has 9 aromatic carbocycles. The maximum Gasteiger partial charge on any atom is 0.0627 e. The summed E-state index contributed by atoms with van der Waals surface area (Å²) in [5.74, 6) is 0. The van der Waals surface area contributed by atoms with E-state index in [4.69, 9.17) is 8.22 Å². The molecule has 0 unspecified atom stereocenters. The molecule has 0 atom stereocenters. The van der Waals surface area contributed by atoms with Crippen LogP contribution in [0.15, 0.2) is 176 Å². The molecule has 0 aliphatic rings. The highest BCUT2D eigenvalue weighted by atomic mass is 15.1. The van der Waals surface area contributed by atoms with E-state index >= 15 is 0 Å². The third-order valence-electron chi connectivity index (χ3n) is 11.6. The van der Waals surface area contributed by atoms with Gasteiger partial charge in [0.15, 0.2) is 0 Å².